The summed E-state index contributed by atoms with van der Waals surface area (Å²) in [5.74, 6) is 0.260. The SMILES string of the molecule is CCCC1=Cc2c(-c3ccccc3)cccc2C1c1[c-]c(C(C)(C)C)cc2c1Cc1ccc(C(C)(C)C)cc1-2.[Zr].c1ccc([Si]c2ccccc2)cc1. The Bertz CT molecular complexity index is 2160. The molecule has 0 N–H and O–H groups in total. The molecule has 6 aromatic rings. The van der Waals surface area contributed by atoms with Gasteiger partial charge in [0.15, 0.2) is 0 Å². The minimum absolute atomic E-state index is 0. The molecule has 2 aliphatic rings. The molecule has 0 aliphatic heterocycles. The summed E-state index contributed by atoms with van der Waals surface area (Å²) in [5, 5.41) is 2.79. The molecule has 264 valence electrons. The van der Waals surface area contributed by atoms with E-state index in [0.29, 0.717) is 0 Å². The summed E-state index contributed by atoms with van der Waals surface area (Å²) in [6.45, 7) is 16.2. The first-order chi connectivity index (χ1) is 25.0. The first-order valence-electron chi connectivity index (χ1n) is 19.0. The van der Waals surface area contributed by atoms with Crippen molar-refractivity contribution < 1.29 is 26.2 Å². The Hall–Kier alpha value is -3.84. The monoisotopic (exact) mass is 781 g/mol. The van der Waals surface area contributed by atoms with E-state index < -0.39 is 0 Å². The quantitative estimate of drug-likeness (QED) is 0.116. The van der Waals surface area contributed by atoms with E-state index >= 15 is 0 Å². The molecule has 6 aromatic carbocycles. The van der Waals surface area contributed by atoms with E-state index in [2.05, 4.69) is 194 Å². The Balaban J connectivity index is 0.000000289. The van der Waals surface area contributed by atoms with Crippen LogP contribution in [0.5, 0.6) is 0 Å². The van der Waals surface area contributed by atoms with E-state index in [0.717, 1.165) is 28.8 Å². The predicted molar refractivity (Wildman–Crippen MR) is 225 cm³/mol. The molecule has 8 rings (SSSR count). The molecular formula is C51H51SiZr-. The fourth-order valence-electron chi connectivity index (χ4n) is 7.74. The third kappa shape index (κ3) is 8.46. The zero-order chi connectivity index (χ0) is 36.5. The van der Waals surface area contributed by atoms with Crippen molar-refractivity contribution >= 4 is 26.0 Å². The van der Waals surface area contributed by atoms with E-state index in [1.807, 2.05) is 0 Å². The van der Waals surface area contributed by atoms with Gasteiger partial charge in [-0.3, -0.25) is 0 Å². The Morgan fingerprint density at radius 2 is 1.26 bits per heavy atom. The van der Waals surface area contributed by atoms with Gasteiger partial charge in [-0.1, -0.05) is 204 Å². The van der Waals surface area contributed by atoms with Crippen molar-refractivity contribution in [1.82, 2.24) is 0 Å². The van der Waals surface area contributed by atoms with Crippen LogP contribution in [0, 0.1) is 6.07 Å². The smallest absolute Gasteiger partial charge is 0.121 e. The average Bonchev–Trinajstić information content (AvgIpc) is 3.70. The van der Waals surface area contributed by atoms with Crippen molar-refractivity contribution in [3.63, 3.8) is 0 Å². The second-order valence-corrected chi connectivity index (χ2v) is 17.9. The molecule has 0 saturated heterocycles. The van der Waals surface area contributed by atoms with Crippen molar-refractivity contribution in [3.8, 4) is 22.3 Å². The van der Waals surface area contributed by atoms with Crippen LogP contribution >= 0.6 is 0 Å². The third-order valence-electron chi connectivity index (χ3n) is 10.5. The second kappa shape index (κ2) is 16.3. The summed E-state index contributed by atoms with van der Waals surface area (Å²) in [6, 6.07) is 52.7. The van der Waals surface area contributed by atoms with Crippen molar-refractivity contribution in [2.24, 2.45) is 0 Å². The molecule has 53 heavy (non-hydrogen) atoms. The topological polar surface area (TPSA) is 0 Å². The fourth-order valence-corrected chi connectivity index (χ4v) is 8.79. The summed E-state index contributed by atoms with van der Waals surface area (Å²) in [6.07, 6.45) is 5.76. The molecule has 1 unspecified atom stereocenters. The normalized spacial score (nSPS) is 14.2. The average molecular weight is 783 g/mol. The number of rotatable bonds is 6. The minimum atomic E-state index is 0. The Kier molecular flexibility index (Phi) is 11.9. The molecule has 2 aliphatic carbocycles. The van der Waals surface area contributed by atoms with E-state index in [9.17, 15) is 0 Å². The van der Waals surface area contributed by atoms with E-state index in [1.54, 1.807) is 0 Å². The first-order valence-corrected chi connectivity index (χ1v) is 20.0. The molecule has 0 spiro atoms. The summed E-state index contributed by atoms with van der Waals surface area (Å²) in [5.41, 5.74) is 17.1. The Labute approximate surface area is 340 Å². The second-order valence-electron chi connectivity index (χ2n) is 16.5. The standard InChI is InChI=1S/C39H41.C12H10Si.Zr/c1-8-13-27-21-33-30(25-14-10-9-11-15-25)16-12-17-31(33)37(27)36-24-29(39(5,6)7)23-35-32-22-28(38(2,3)4)19-18-26(32)20-34(35)36;1-3-7-11(8-4-1)13-12-9-5-2-6-10-12;/h9-12,14-19,21-23,37H,8,13,20H2,1-7H3;1-10H;/q-1;;. The van der Waals surface area contributed by atoms with Crippen molar-refractivity contribution in [2.45, 2.75) is 84.5 Å². The predicted octanol–water partition coefficient (Wildman–Crippen LogP) is 12.0. The largest absolute Gasteiger partial charge is 0.175 e. The zero-order valence-corrected chi connectivity index (χ0v) is 35.9. The van der Waals surface area contributed by atoms with Gasteiger partial charge in [0.05, 0.1) is 0 Å². The van der Waals surface area contributed by atoms with Gasteiger partial charge in [0.1, 0.15) is 9.52 Å². The maximum atomic E-state index is 4.05. The van der Waals surface area contributed by atoms with Crippen LogP contribution in [-0.2, 0) is 43.5 Å². The van der Waals surface area contributed by atoms with Crippen molar-refractivity contribution in [3.05, 3.63) is 184 Å². The van der Waals surface area contributed by atoms with Crippen LogP contribution in [0.2, 0.25) is 0 Å². The van der Waals surface area contributed by atoms with Gasteiger partial charge >= 0.3 is 0 Å². The van der Waals surface area contributed by atoms with Crippen LogP contribution < -0.4 is 10.4 Å². The number of benzene rings is 6. The molecule has 0 nitrogen and oxygen atoms in total. The molecule has 0 heterocycles. The van der Waals surface area contributed by atoms with Crippen LogP contribution in [0.25, 0.3) is 28.3 Å². The number of allylic oxidation sites excluding steroid dienone is 1. The first kappa shape index (κ1) is 38.9. The summed E-state index contributed by atoms with van der Waals surface area (Å²) >= 11 is 0. The van der Waals surface area contributed by atoms with Crippen molar-refractivity contribution in [1.29, 1.82) is 0 Å². The molecule has 1 atom stereocenters. The Morgan fingerprint density at radius 3 is 1.85 bits per heavy atom. The van der Waals surface area contributed by atoms with Gasteiger partial charge in [-0.25, -0.2) is 0 Å². The summed E-state index contributed by atoms with van der Waals surface area (Å²) in [7, 11) is 0.777. The van der Waals surface area contributed by atoms with Crippen LogP contribution in [0.3, 0.4) is 0 Å². The molecule has 0 amide bonds. The fraction of sp³-hybridized carbons (Fsp3) is 0.255. The number of hydrogen-bond acceptors (Lipinski definition) is 0. The van der Waals surface area contributed by atoms with Gasteiger partial charge in [0.25, 0.3) is 0 Å². The van der Waals surface area contributed by atoms with Crippen LogP contribution in [0.15, 0.2) is 139 Å². The minimum Gasteiger partial charge on any atom is -0.175 e. The molecular weight excluding hydrogens is 732 g/mol. The van der Waals surface area contributed by atoms with Gasteiger partial charge in [-0.15, -0.1) is 16.7 Å². The van der Waals surface area contributed by atoms with Gasteiger partial charge in [-0.05, 0) is 62.6 Å². The van der Waals surface area contributed by atoms with E-state index in [-0.39, 0.29) is 43.0 Å². The van der Waals surface area contributed by atoms with Crippen molar-refractivity contribution in [2.75, 3.05) is 0 Å². The zero-order valence-electron chi connectivity index (χ0n) is 32.5. The van der Waals surface area contributed by atoms with Gasteiger partial charge < -0.3 is 0 Å². The Morgan fingerprint density at radius 1 is 0.642 bits per heavy atom. The number of hydrogen-bond donors (Lipinski definition) is 0. The maximum Gasteiger partial charge on any atom is 0.121 e. The molecule has 0 saturated carbocycles. The van der Waals surface area contributed by atoms with Crippen LogP contribution in [0.1, 0.15) is 106 Å². The molecule has 0 bridgehead atoms. The molecule has 2 heteroatoms. The van der Waals surface area contributed by atoms with Gasteiger partial charge in [0.2, 0.25) is 0 Å². The van der Waals surface area contributed by atoms with Gasteiger partial charge in [0, 0.05) is 32.1 Å². The van der Waals surface area contributed by atoms with E-state index in [1.165, 1.54) is 77.1 Å². The number of fused-ring (bicyclic) bond motifs is 4. The maximum absolute atomic E-state index is 4.05. The van der Waals surface area contributed by atoms with Crippen LogP contribution in [-0.4, -0.2) is 9.52 Å². The molecule has 0 fully saturated rings. The van der Waals surface area contributed by atoms with Crippen LogP contribution in [0.4, 0.5) is 0 Å². The molecule has 2 radical (unpaired) electrons. The third-order valence-corrected chi connectivity index (χ3v) is 11.8. The van der Waals surface area contributed by atoms with Gasteiger partial charge in [-0.2, -0.15) is 17.7 Å². The summed E-state index contributed by atoms with van der Waals surface area (Å²) in [4.78, 5) is 0. The summed E-state index contributed by atoms with van der Waals surface area (Å²) < 4.78 is 0. The van der Waals surface area contributed by atoms with E-state index in [4.69, 9.17) is 0 Å². The molecule has 0 aromatic heterocycles.